The third-order valence-corrected chi connectivity index (χ3v) is 3.17. The molecule has 0 atom stereocenters. The number of thiophene rings is 1. The Morgan fingerprint density at radius 3 is 3.11 bits per heavy atom. The molecule has 0 aliphatic carbocycles. The molecule has 2 aromatic rings. The molecule has 2 heterocycles. The highest BCUT2D eigenvalue weighted by Crippen LogP contribution is 2.28. The van der Waals surface area contributed by atoms with E-state index in [0.29, 0.717) is 24.9 Å². The summed E-state index contributed by atoms with van der Waals surface area (Å²) in [5.74, 6) is 1.19. The van der Waals surface area contributed by atoms with Gasteiger partial charge < -0.3 is 15.2 Å². The van der Waals surface area contributed by atoms with Crippen molar-refractivity contribution in [3.8, 4) is 5.88 Å². The molecule has 0 aliphatic rings. The number of ether oxygens (including phenoxy) is 1. The van der Waals surface area contributed by atoms with E-state index in [0.717, 1.165) is 23.2 Å². The number of fused-ring (bicyclic) bond motifs is 1. The summed E-state index contributed by atoms with van der Waals surface area (Å²) >= 11 is 1.57. The van der Waals surface area contributed by atoms with E-state index in [9.17, 15) is 0 Å². The van der Waals surface area contributed by atoms with Gasteiger partial charge in [0, 0.05) is 19.6 Å². The van der Waals surface area contributed by atoms with Gasteiger partial charge in [0.05, 0.1) is 12.0 Å². The molecule has 2 N–H and O–H groups in total. The van der Waals surface area contributed by atoms with Gasteiger partial charge in [0.25, 0.3) is 0 Å². The quantitative estimate of drug-likeness (QED) is 0.753. The minimum absolute atomic E-state index is 0.124. The van der Waals surface area contributed by atoms with Crippen LogP contribution < -0.4 is 10.1 Å². The van der Waals surface area contributed by atoms with Crippen molar-refractivity contribution >= 4 is 27.5 Å². The number of hydrogen-bond donors (Lipinski definition) is 2. The zero-order chi connectivity index (χ0) is 12.8. The van der Waals surface area contributed by atoms with Crippen molar-refractivity contribution in [3.63, 3.8) is 0 Å². The van der Waals surface area contributed by atoms with E-state index in [1.54, 1.807) is 11.3 Å². The van der Waals surface area contributed by atoms with E-state index in [1.165, 1.54) is 0 Å². The Kier molecular flexibility index (Phi) is 4.72. The van der Waals surface area contributed by atoms with E-state index in [2.05, 4.69) is 22.2 Å². The first-order valence-electron chi connectivity index (χ1n) is 6.08. The fourth-order valence-corrected chi connectivity index (χ4v) is 2.24. The zero-order valence-corrected chi connectivity index (χ0v) is 11.2. The maximum atomic E-state index is 8.77. The summed E-state index contributed by atoms with van der Waals surface area (Å²) in [6.07, 6.45) is 1.62. The smallest absolute Gasteiger partial charge is 0.227 e. The maximum Gasteiger partial charge on any atom is 0.227 e. The monoisotopic (exact) mass is 267 g/mol. The number of aliphatic hydroxyl groups excluding tert-OH is 1. The Hall–Kier alpha value is -1.40. The highest BCUT2D eigenvalue weighted by molar-refractivity contribution is 7.16. The summed E-state index contributed by atoms with van der Waals surface area (Å²) in [5.41, 5.74) is 0. The molecule has 0 aliphatic heterocycles. The molecule has 2 aromatic heterocycles. The highest BCUT2D eigenvalue weighted by Gasteiger charge is 2.09. The normalized spacial score (nSPS) is 10.8. The molecule has 0 amide bonds. The Morgan fingerprint density at radius 1 is 1.44 bits per heavy atom. The lowest BCUT2D eigenvalue weighted by Crippen LogP contribution is -2.07. The van der Waals surface area contributed by atoms with Gasteiger partial charge >= 0.3 is 0 Å². The van der Waals surface area contributed by atoms with Crippen molar-refractivity contribution in [2.75, 3.05) is 25.1 Å². The van der Waals surface area contributed by atoms with Crippen LogP contribution in [0.5, 0.6) is 5.88 Å². The van der Waals surface area contributed by atoms with Crippen molar-refractivity contribution in [1.29, 1.82) is 0 Å². The lowest BCUT2D eigenvalue weighted by atomic mass is 10.4. The molecule has 0 unspecified atom stereocenters. The second-order valence-corrected chi connectivity index (χ2v) is 4.74. The molecule has 6 heteroatoms. The predicted molar refractivity (Wildman–Crippen MR) is 73.4 cm³/mol. The number of nitrogens with zero attached hydrogens (tertiary/aromatic N) is 2. The van der Waals surface area contributed by atoms with Crippen molar-refractivity contribution in [3.05, 3.63) is 11.4 Å². The van der Waals surface area contributed by atoms with Crippen LogP contribution in [0.25, 0.3) is 10.2 Å². The largest absolute Gasteiger partial charge is 0.477 e. The number of anilines is 1. The van der Waals surface area contributed by atoms with Crippen LogP contribution in [0.4, 0.5) is 5.95 Å². The molecule has 0 aromatic carbocycles. The lowest BCUT2D eigenvalue weighted by Gasteiger charge is -2.08. The third-order valence-electron chi connectivity index (χ3n) is 2.36. The Labute approximate surface area is 110 Å². The van der Waals surface area contributed by atoms with Crippen molar-refractivity contribution in [1.82, 2.24) is 9.97 Å². The first kappa shape index (κ1) is 13.0. The molecule has 18 heavy (non-hydrogen) atoms. The summed E-state index contributed by atoms with van der Waals surface area (Å²) < 4.78 is 5.59. The van der Waals surface area contributed by atoms with Crippen LogP contribution in [0.3, 0.4) is 0 Å². The van der Waals surface area contributed by atoms with Gasteiger partial charge in [-0.2, -0.15) is 4.98 Å². The molecule has 0 radical (unpaired) electrons. The molecule has 0 saturated heterocycles. The van der Waals surface area contributed by atoms with Gasteiger partial charge in [-0.15, -0.1) is 11.3 Å². The zero-order valence-electron chi connectivity index (χ0n) is 10.3. The Morgan fingerprint density at radius 2 is 2.33 bits per heavy atom. The van der Waals surface area contributed by atoms with Crippen molar-refractivity contribution < 1.29 is 9.84 Å². The van der Waals surface area contributed by atoms with Gasteiger partial charge in [-0.05, 0) is 17.9 Å². The minimum Gasteiger partial charge on any atom is -0.477 e. The number of aliphatic hydroxyl groups is 1. The molecule has 98 valence electrons. The van der Waals surface area contributed by atoms with Crippen LogP contribution in [0.15, 0.2) is 11.4 Å². The Balaban J connectivity index is 2.21. The summed E-state index contributed by atoms with van der Waals surface area (Å²) in [4.78, 5) is 9.71. The average molecular weight is 267 g/mol. The standard InChI is InChI=1S/C12H17N3O2S/c1-2-5-13-12-14-10(17-7-3-6-16)9-4-8-18-11(9)15-12/h4,8,16H,2-3,5-7H2,1H3,(H,13,14,15). The van der Waals surface area contributed by atoms with E-state index in [1.807, 2.05) is 11.4 Å². The average Bonchev–Trinajstić information content (AvgIpc) is 2.85. The molecule has 0 spiro atoms. The van der Waals surface area contributed by atoms with Crippen LogP contribution in [-0.4, -0.2) is 34.8 Å². The lowest BCUT2D eigenvalue weighted by molar-refractivity contribution is 0.231. The van der Waals surface area contributed by atoms with Crippen molar-refractivity contribution in [2.24, 2.45) is 0 Å². The number of nitrogens with one attached hydrogen (secondary N) is 1. The summed E-state index contributed by atoms with van der Waals surface area (Å²) in [7, 11) is 0. The van der Waals surface area contributed by atoms with Gasteiger partial charge in [0.1, 0.15) is 4.83 Å². The Bertz CT molecular complexity index is 501. The first-order valence-corrected chi connectivity index (χ1v) is 6.96. The second kappa shape index (κ2) is 6.51. The van der Waals surface area contributed by atoms with E-state index in [4.69, 9.17) is 9.84 Å². The molecule has 5 nitrogen and oxygen atoms in total. The van der Waals surface area contributed by atoms with Gasteiger partial charge in [0.15, 0.2) is 0 Å². The van der Waals surface area contributed by atoms with Gasteiger partial charge in [-0.1, -0.05) is 6.92 Å². The fourth-order valence-electron chi connectivity index (χ4n) is 1.49. The van der Waals surface area contributed by atoms with Crippen LogP contribution in [0, 0.1) is 0 Å². The molecule has 0 fully saturated rings. The highest BCUT2D eigenvalue weighted by atomic mass is 32.1. The second-order valence-electron chi connectivity index (χ2n) is 3.84. The number of rotatable bonds is 7. The molecule has 2 rings (SSSR count). The summed E-state index contributed by atoms with van der Waals surface area (Å²) in [5, 5.41) is 14.8. The maximum absolute atomic E-state index is 8.77. The minimum atomic E-state index is 0.124. The van der Waals surface area contributed by atoms with Crippen LogP contribution >= 0.6 is 11.3 Å². The van der Waals surface area contributed by atoms with E-state index < -0.39 is 0 Å². The molecular weight excluding hydrogens is 250 g/mol. The van der Waals surface area contributed by atoms with E-state index in [-0.39, 0.29) is 6.61 Å². The number of aromatic nitrogens is 2. The van der Waals surface area contributed by atoms with Crippen LogP contribution in [0.1, 0.15) is 19.8 Å². The van der Waals surface area contributed by atoms with E-state index >= 15 is 0 Å². The fraction of sp³-hybridized carbons (Fsp3) is 0.500. The topological polar surface area (TPSA) is 67.3 Å². The van der Waals surface area contributed by atoms with Gasteiger partial charge in [-0.3, -0.25) is 0 Å². The third kappa shape index (κ3) is 3.08. The predicted octanol–water partition coefficient (Wildman–Crippen LogP) is 2.27. The van der Waals surface area contributed by atoms with Crippen LogP contribution in [-0.2, 0) is 0 Å². The molecule has 0 saturated carbocycles. The van der Waals surface area contributed by atoms with Crippen LogP contribution in [0.2, 0.25) is 0 Å². The summed E-state index contributed by atoms with van der Waals surface area (Å²) in [6, 6.07) is 1.96. The molecular formula is C12H17N3O2S. The van der Waals surface area contributed by atoms with Gasteiger partial charge in [0.2, 0.25) is 11.8 Å². The number of hydrogen-bond acceptors (Lipinski definition) is 6. The summed E-state index contributed by atoms with van der Waals surface area (Å²) in [6.45, 7) is 3.52. The first-order chi connectivity index (χ1) is 8.85. The van der Waals surface area contributed by atoms with Gasteiger partial charge in [-0.25, -0.2) is 4.98 Å². The SMILES string of the molecule is CCCNc1nc(OCCCO)c2ccsc2n1. The molecule has 0 bridgehead atoms. The van der Waals surface area contributed by atoms with Crippen molar-refractivity contribution in [2.45, 2.75) is 19.8 Å².